The van der Waals surface area contributed by atoms with Crippen LogP contribution in [-0.2, 0) is 9.47 Å². The highest BCUT2D eigenvalue weighted by Gasteiger charge is 2.17. The fourth-order valence-corrected chi connectivity index (χ4v) is 8.74. The number of nitrogens with one attached hydrogen (secondary N) is 3. The van der Waals surface area contributed by atoms with Crippen LogP contribution in [0.1, 0.15) is 11.1 Å². The van der Waals surface area contributed by atoms with Crippen molar-refractivity contribution >= 4 is 106 Å². The van der Waals surface area contributed by atoms with Gasteiger partial charge in [-0.25, -0.2) is 19.9 Å². The van der Waals surface area contributed by atoms with Crippen molar-refractivity contribution in [3.8, 4) is 12.1 Å². The number of hydrogen-bond acceptors (Lipinski definition) is 17. The Morgan fingerprint density at radius 3 is 1.79 bits per heavy atom. The molecule has 58 heavy (non-hydrogen) atoms. The topological polar surface area (TPSA) is 186 Å². The number of nitriles is 2. The minimum atomic E-state index is 0.469. The van der Waals surface area contributed by atoms with Crippen LogP contribution in [0.25, 0.3) is 20.7 Å². The van der Waals surface area contributed by atoms with Gasteiger partial charge in [-0.1, -0.05) is 58.4 Å². The van der Waals surface area contributed by atoms with Crippen LogP contribution < -0.4 is 21.7 Å². The van der Waals surface area contributed by atoms with Crippen LogP contribution in [-0.4, -0.2) is 115 Å². The van der Waals surface area contributed by atoms with Gasteiger partial charge in [0.15, 0.2) is 20.8 Å². The summed E-state index contributed by atoms with van der Waals surface area (Å²) in [4.78, 5) is 22.2. The van der Waals surface area contributed by atoms with Crippen LogP contribution in [0, 0.1) is 22.7 Å². The summed E-state index contributed by atoms with van der Waals surface area (Å²) in [5.41, 5.74) is 10.7. The predicted molar refractivity (Wildman–Crippen MR) is 238 cm³/mol. The Bertz CT molecular complexity index is 2350. The highest BCUT2D eigenvalue weighted by molar-refractivity contribution is 8.00. The van der Waals surface area contributed by atoms with Crippen LogP contribution in [0.4, 0.5) is 27.9 Å². The largest absolute Gasteiger partial charge is 0.379 e. The SMILES string of the molecule is CSc1nc2ncc(C#N)c(Nc3cccc(Cl)c3)c2s1.N#Cc1cnc2nc(NCCN3CCOCC3)sc2c1Nc1cccc(Cl)c1.NCCN1CCOCC1. The van der Waals surface area contributed by atoms with Crippen molar-refractivity contribution in [2.75, 3.05) is 101 Å². The molecule has 0 unspecified atom stereocenters. The molecule has 2 saturated heterocycles. The van der Waals surface area contributed by atoms with E-state index in [0.717, 1.165) is 115 Å². The number of aromatic nitrogens is 4. The molecule has 6 aromatic rings. The van der Waals surface area contributed by atoms with Gasteiger partial charge in [0.05, 0.1) is 53.6 Å². The first-order valence-corrected chi connectivity index (χ1v) is 22.0. The molecule has 0 bridgehead atoms. The van der Waals surface area contributed by atoms with E-state index in [1.54, 1.807) is 30.2 Å². The standard InChI is InChI=1S/C19H19ClN6OS.C14H9ClN4S2.C6H14N2O/c20-14-2-1-3-15(10-14)24-16-13(11-21)12-23-18-17(16)28-19(25-18)22-4-5-26-6-8-27-9-7-26;1-20-14-19-13-12(21-14)11(8(6-16)7-17-13)18-10-4-2-3-9(15)5-10;7-1-2-8-3-5-9-6-4-8/h1-3,10,12H,4-9H2,(H2,22,23,24,25);2-5,7H,1H3,(H,17,18);1-7H2. The Labute approximate surface area is 359 Å². The lowest BCUT2D eigenvalue weighted by Crippen LogP contribution is -2.39. The van der Waals surface area contributed by atoms with Gasteiger partial charge in [0.2, 0.25) is 0 Å². The molecule has 0 spiro atoms. The average molecular weight is 878 g/mol. The second kappa shape index (κ2) is 22.1. The van der Waals surface area contributed by atoms with E-state index in [9.17, 15) is 10.5 Å². The molecule has 2 fully saturated rings. The van der Waals surface area contributed by atoms with Gasteiger partial charge in [-0.2, -0.15) is 10.5 Å². The molecular formula is C39H42Cl2N12O2S3. The highest BCUT2D eigenvalue weighted by atomic mass is 35.5. The van der Waals surface area contributed by atoms with Crippen molar-refractivity contribution in [2.24, 2.45) is 5.73 Å². The highest BCUT2D eigenvalue weighted by Crippen LogP contribution is 2.37. The molecule has 19 heteroatoms. The van der Waals surface area contributed by atoms with E-state index in [-0.39, 0.29) is 0 Å². The maximum Gasteiger partial charge on any atom is 0.185 e. The molecule has 0 amide bonds. The van der Waals surface area contributed by atoms with Gasteiger partial charge in [-0.05, 0) is 42.7 Å². The normalized spacial score (nSPS) is 14.4. The van der Waals surface area contributed by atoms with Crippen molar-refractivity contribution in [3.63, 3.8) is 0 Å². The number of nitrogens with zero attached hydrogens (tertiary/aromatic N) is 8. The van der Waals surface area contributed by atoms with Gasteiger partial charge in [-0.15, -0.1) is 11.3 Å². The van der Waals surface area contributed by atoms with E-state index >= 15 is 0 Å². The lowest BCUT2D eigenvalue weighted by Gasteiger charge is -2.26. The van der Waals surface area contributed by atoms with Crippen molar-refractivity contribution in [3.05, 3.63) is 82.1 Å². The minimum absolute atomic E-state index is 0.469. The molecule has 6 heterocycles. The van der Waals surface area contributed by atoms with Gasteiger partial charge in [-0.3, -0.25) is 9.80 Å². The van der Waals surface area contributed by atoms with Crippen LogP contribution in [0.5, 0.6) is 0 Å². The summed E-state index contributed by atoms with van der Waals surface area (Å²) in [5.74, 6) is 0. The number of thiazole rings is 2. The van der Waals surface area contributed by atoms with Crippen LogP contribution in [0.3, 0.4) is 0 Å². The van der Waals surface area contributed by atoms with E-state index in [2.05, 4.69) is 57.8 Å². The molecule has 2 aliphatic heterocycles. The zero-order valence-electron chi connectivity index (χ0n) is 31.7. The zero-order chi connectivity index (χ0) is 40.7. The van der Waals surface area contributed by atoms with E-state index in [0.29, 0.717) is 38.2 Å². The van der Waals surface area contributed by atoms with E-state index in [1.165, 1.54) is 22.7 Å². The lowest BCUT2D eigenvalue weighted by atomic mass is 10.2. The van der Waals surface area contributed by atoms with Crippen molar-refractivity contribution in [2.45, 2.75) is 4.34 Å². The van der Waals surface area contributed by atoms with Crippen molar-refractivity contribution in [1.29, 1.82) is 10.5 Å². The monoisotopic (exact) mass is 876 g/mol. The van der Waals surface area contributed by atoms with Crippen molar-refractivity contribution < 1.29 is 9.47 Å². The molecule has 0 radical (unpaired) electrons. The summed E-state index contributed by atoms with van der Waals surface area (Å²) in [6.45, 7) is 10.9. The first-order chi connectivity index (χ1) is 28.4. The average Bonchev–Trinajstić information content (AvgIpc) is 3.87. The number of benzene rings is 2. The maximum absolute atomic E-state index is 9.50. The number of rotatable bonds is 11. The van der Waals surface area contributed by atoms with E-state index in [1.807, 2.05) is 48.7 Å². The van der Waals surface area contributed by atoms with Gasteiger partial charge in [0.25, 0.3) is 0 Å². The van der Waals surface area contributed by atoms with Crippen LogP contribution >= 0.6 is 57.6 Å². The molecule has 0 atom stereocenters. The summed E-state index contributed by atoms with van der Waals surface area (Å²) in [6, 6.07) is 19.1. The molecule has 4 aromatic heterocycles. The van der Waals surface area contributed by atoms with Gasteiger partial charge < -0.3 is 31.2 Å². The Kier molecular flexibility index (Phi) is 16.5. The smallest absolute Gasteiger partial charge is 0.185 e. The predicted octanol–water partition coefficient (Wildman–Crippen LogP) is 7.66. The zero-order valence-corrected chi connectivity index (χ0v) is 35.7. The molecule has 302 valence electrons. The fraction of sp³-hybridized carbons (Fsp3) is 0.333. The number of nitrogens with two attached hydrogens (primary N) is 1. The second-order valence-corrected chi connectivity index (χ2v) is 16.6. The molecule has 5 N–H and O–H groups in total. The minimum Gasteiger partial charge on any atom is -0.379 e. The van der Waals surface area contributed by atoms with Crippen LogP contribution in [0.2, 0.25) is 10.0 Å². The number of pyridine rings is 2. The molecule has 8 rings (SSSR count). The fourth-order valence-electron chi connectivity index (χ4n) is 5.89. The molecule has 2 aliphatic rings. The third-order valence-corrected chi connectivity index (χ3v) is 12.3. The number of morpholine rings is 2. The van der Waals surface area contributed by atoms with Crippen molar-refractivity contribution in [1.82, 2.24) is 29.7 Å². The summed E-state index contributed by atoms with van der Waals surface area (Å²) in [5, 5.41) is 30.8. The van der Waals surface area contributed by atoms with Gasteiger partial charge in [0.1, 0.15) is 16.8 Å². The lowest BCUT2D eigenvalue weighted by molar-refractivity contribution is 0.0394. The molecular weight excluding hydrogens is 836 g/mol. The Morgan fingerprint density at radius 2 is 1.29 bits per heavy atom. The number of thioether (sulfide) groups is 1. The number of fused-ring (bicyclic) bond motifs is 2. The molecule has 0 saturated carbocycles. The van der Waals surface area contributed by atoms with Gasteiger partial charge in [0, 0.05) is 86.2 Å². The number of hydrogen-bond donors (Lipinski definition) is 4. The molecule has 0 aliphatic carbocycles. The van der Waals surface area contributed by atoms with Gasteiger partial charge >= 0.3 is 0 Å². The summed E-state index contributed by atoms with van der Waals surface area (Å²) in [7, 11) is 0. The van der Waals surface area contributed by atoms with E-state index < -0.39 is 0 Å². The Balaban J connectivity index is 0.000000165. The van der Waals surface area contributed by atoms with Crippen LogP contribution in [0.15, 0.2) is 65.3 Å². The third-order valence-electron chi connectivity index (χ3n) is 8.78. The Morgan fingerprint density at radius 1 is 0.776 bits per heavy atom. The summed E-state index contributed by atoms with van der Waals surface area (Å²) >= 11 is 16.6. The first kappa shape index (κ1) is 43.2. The first-order valence-electron chi connectivity index (χ1n) is 18.4. The molecule has 14 nitrogen and oxygen atoms in total. The number of ether oxygens (including phenoxy) is 2. The summed E-state index contributed by atoms with van der Waals surface area (Å²) < 4.78 is 13.2. The quantitative estimate of drug-likeness (QED) is 0.0929. The second-order valence-electron chi connectivity index (χ2n) is 12.7. The number of anilines is 5. The maximum atomic E-state index is 9.50. The Hall–Kier alpha value is -4.37. The third kappa shape index (κ3) is 12.1. The van der Waals surface area contributed by atoms with E-state index in [4.69, 9.17) is 38.4 Å². The number of halogens is 2. The molecule has 2 aromatic carbocycles. The summed E-state index contributed by atoms with van der Waals surface area (Å²) in [6.07, 6.45) is 5.05.